The highest BCUT2D eigenvalue weighted by Gasteiger charge is 2.00. The molecule has 0 saturated heterocycles. The van der Waals surface area contributed by atoms with Gasteiger partial charge in [0, 0.05) is 3.58 Å². The summed E-state index contributed by atoms with van der Waals surface area (Å²) in [5.74, 6) is 0.0990. The summed E-state index contributed by atoms with van der Waals surface area (Å²) in [6, 6.07) is 6.65. The maximum absolute atomic E-state index is 9.18. The summed E-state index contributed by atoms with van der Waals surface area (Å²) in [5.41, 5.74) is 1.23. The Labute approximate surface area is 84.3 Å². The molecule has 60 valence electrons. The van der Waals surface area contributed by atoms with Gasteiger partial charge in [-0.2, -0.15) is 5.26 Å². The van der Waals surface area contributed by atoms with Crippen LogP contribution in [0.1, 0.15) is 11.1 Å². The van der Waals surface area contributed by atoms with E-state index >= 15 is 0 Å². The lowest BCUT2D eigenvalue weighted by Crippen LogP contribution is -1.79. The van der Waals surface area contributed by atoms with Crippen LogP contribution in [0.5, 0.6) is 5.75 Å². The number of phenols is 1. The van der Waals surface area contributed by atoms with Crippen molar-refractivity contribution in [3.05, 3.63) is 35.9 Å². The molecule has 1 rings (SSSR count). The predicted molar refractivity (Wildman–Crippen MR) is 55.9 cm³/mol. The molecule has 0 unspecified atom stereocenters. The Kier molecular flexibility index (Phi) is 2.71. The van der Waals surface area contributed by atoms with E-state index < -0.39 is 0 Å². The third-order valence-corrected chi connectivity index (χ3v) is 1.98. The number of nitriles is 1. The Bertz CT molecular complexity index is 365. The first-order valence-electron chi connectivity index (χ1n) is 3.22. The Morgan fingerprint density at radius 2 is 2.17 bits per heavy atom. The summed E-state index contributed by atoms with van der Waals surface area (Å²) in [7, 11) is 0. The quantitative estimate of drug-likeness (QED) is 0.798. The lowest BCUT2D eigenvalue weighted by Gasteiger charge is -1.99. The molecule has 0 saturated carbocycles. The third kappa shape index (κ3) is 1.98. The minimum absolute atomic E-state index is 0.0990. The van der Waals surface area contributed by atoms with Gasteiger partial charge in [0.25, 0.3) is 0 Å². The molecule has 0 aliphatic rings. The third-order valence-electron chi connectivity index (χ3n) is 1.36. The summed E-state index contributed by atoms with van der Waals surface area (Å²) in [6.45, 7) is 3.71. The summed E-state index contributed by atoms with van der Waals surface area (Å²) >= 11 is 2.04. The molecule has 1 aromatic rings. The summed E-state index contributed by atoms with van der Waals surface area (Å²) in [6.07, 6.45) is 0. The molecule has 0 aliphatic heterocycles. The van der Waals surface area contributed by atoms with Crippen molar-refractivity contribution in [3.63, 3.8) is 0 Å². The molecule has 0 atom stereocenters. The van der Waals surface area contributed by atoms with Gasteiger partial charge in [0.05, 0.1) is 11.6 Å². The largest absolute Gasteiger partial charge is 0.508 e. The fourth-order valence-electron chi connectivity index (χ4n) is 0.832. The number of halogens is 1. The van der Waals surface area contributed by atoms with E-state index in [1.807, 2.05) is 28.7 Å². The fourth-order valence-corrected chi connectivity index (χ4v) is 1.14. The first-order chi connectivity index (χ1) is 5.63. The SMILES string of the molecule is C=C(I)c1cc(O)cc(C#N)c1. The van der Waals surface area contributed by atoms with Gasteiger partial charge in [0.1, 0.15) is 5.75 Å². The number of hydrogen-bond donors (Lipinski definition) is 1. The van der Waals surface area contributed by atoms with Crippen molar-refractivity contribution in [1.29, 1.82) is 5.26 Å². The number of hydrogen-bond acceptors (Lipinski definition) is 2. The monoisotopic (exact) mass is 271 g/mol. The van der Waals surface area contributed by atoms with Gasteiger partial charge in [0.15, 0.2) is 0 Å². The molecule has 0 fully saturated rings. The van der Waals surface area contributed by atoms with Crippen LogP contribution in [0.25, 0.3) is 3.58 Å². The Balaban J connectivity index is 3.26. The van der Waals surface area contributed by atoms with Gasteiger partial charge in [-0.25, -0.2) is 0 Å². The minimum atomic E-state index is 0.0990. The average Bonchev–Trinajstić information content (AvgIpc) is 2.03. The fraction of sp³-hybridized carbons (Fsp3) is 0. The molecular weight excluding hydrogens is 265 g/mol. The molecule has 2 nitrogen and oxygen atoms in total. The molecule has 0 bridgehead atoms. The Hall–Kier alpha value is -1.02. The minimum Gasteiger partial charge on any atom is -0.508 e. The molecule has 0 aromatic heterocycles. The van der Waals surface area contributed by atoms with Crippen molar-refractivity contribution < 1.29 is 5.11 Å². The van der Waals surface area contributed by atoms with Crippen molar-refractivity contribution in [2.45, 2.75) is 0 Å². The van der Waals surface area contributed by atoms with E-state index in [4.69, 9.17) is 5.26 Å². The standard InChI is InChI=1S/C9H6INO/c1-6(10)8-2-7(5-11)3-9(12)4-8/h2-4,12H,1H2. The van der Waals surface area contributed by atoms with Crippen LogP contribution in [0.3, 0.4) is 0 Å². The van der Waals surface area contributed by atoms with Gasteiger partial charge in [-0.05, 0) is 46.4 Å². The maximum atomic E-state index is 9.18. The van der Waals surface area contributed by atoms with Crippen LogP contribution in [-0.4, -0.2) is 5.11 Å². The number of phenolic OH excluding ortho intramolecular Hbond substituents is 1. The lowest BCUT2D eigenvalue weighted by molar-refractivity contribution is 0.475. The summed E-state index contributed by atoms with van der Waals surface area (Å²) in [4.78, 5) is 0. The van der Waals surface area contributed by atoms with Gasteiger partial charge in [0.2, 0.25) is 0 Å². The van der Waals surface area contributed by atoms with Crippen LogP contribution >= 0.6 is 22.6 Å². The average molecular weight is 271 g/mol. The number of nitrogens with zero attached hydrogens (tertiary/aromatic N) is 1. The van der Waals surface area contributed by atoms with Crippen molar-refractivity contribution in [2.75, 3.05) is 0 Å². The smallest absolute Gasteiger partial charge is 0.117 e. The van der Waals surface area contributed by atoms with E-state index in [0.29, 0.717) is 5.56 Å². The second-order valence-electron chi connectivity index (χ2n) is 2.29. The molecule has 1 N–H and O–H groups in total. The van der Waals surface area contributed by atoms with E-state index in [2.05, 4.69) is 6.58 Å². The van der Waals surface area contributed by atoms with Gasteiger partial charge in [-0.15, -0.1) is 0 Å². The number of rotatable bonds is 1. The predicted octanol–water partition coefficient (Wildman–Crippen LogP) is 2.67. The van der Waals surface area contributed by atoms with Crippen molar-refractivity contribution >= 4 is 26.2 Å². The second kappa shape index (κ2) is 3.59. The topological polar surface area (TPSA) is 44.0 Å². The molecule has 0 radical (unpaired) electrons. The van der Waals surface area contributed by atoms with Crippen LogP contribution < -0.4 is 0 Å². The van der Waals surface area contributed by atoms with Crippen molar-refractivity contribution in [1.82, 2.24) is 0 Å². The first kappa shape index (κ1) is 9.07. The molecule has 0 heterocycles. The zero-order valence-corrected chi connectivity index (χ0v) is 8.37. The highest BCUT2D eigenvalue weighted by Crippen LogP contribution is 2.24. The molecule has 12 heavy (non-hydrogen) atoms. The zero-order valence-electron chi connectivity index (χ0n) is 6.21. The molecule has 0 amide bonds. The van der Waals surface area contributed by atoms with Crippen molar-refractivity contribution in [2.24, 2.45) is 0 Å². The van der Waals surface area contributed by atoms with Gasteiger partial charge >= 0.3 is 0 Å². The van der Waals surface area contributed by atoms with Gasteiger partial charge in [-0.1, -0.05) is 6.58 Å². The van der Waals surface area contributed by atoms with Gasteiger partial charge < -0.3 is 5.11 Å². The van der Waals surface area contributed by atoms with Crippen LogP contribution in [0.15, 0.2) is 24.8 Å². The second-order valence-corrected chi connectivity index (χ2v) is 3.59. The zero-order chi connectivity index (χ0) is 9.14. The van der Waals surface area contributed by atoms with E-state index in [1.54, 1.807) is 12.1 Å². The van der Waals surface area contributed by atoms with E-state index in [0.717, 1.165) is 9.14 Å². The molecule has 0 spiro atoms. The molecule has 3 heteroatoms. The van der Waals surface area contributed by atoms with Gasteiger partial charge in [-0.3, -0.25) is 0 Å². The Morgan fingerprint density at radius 1 is 1.50 bits per heavy atom. The number of aromatic hydroxyl groups is 1. The van der Waals surface area contributed by atoms with E-state index in [9.17, 15) is 5.11 Å². The molecule has 1 aromatic carbocycles. The maximum Gasteiger partial charge on any atom is 0.117 e. The highest BCUT2D eigenvalue weighted by molar-refractivity contribution is 14.1. The highest BCUT2D eigenvalue weighted by atomic mass is 127. The van der Waals surface area contributed by atoms with E-state index in [1.165, 1.54) is 6.07 Å². The number of benzene rings is 1. The normalized spacial score (nSPS) is 9.00. The van der Waals surface area contributed by atoms with Crippen LogP contribution in [-0.2, 0) is 0 Å². The Morgan fingerprint density at radius 3 is 2.67 bits per heavy atom. The molecular formula is C9H6INO. The van der Waals surface area contributed by atoms with Crippen LogP contribution in [0.2, 0.25) is 0 Å². The van der Waals surface area contributed by atoms with Crippen LogP contribution in [0.4, 0.5) is 0 Å². The lowest BCUT2D eigenvalue weighted by atomic mass is 10.1. The van der Waals surface area contributed by atoms with E-state index in [-0.39, 0.29) is 5.75 Å². The summed E-state index contributed by atoms with van der Waals surface area (Å²) < 4.78 is 0.806. The first-order valence-corrected chi connectivity index (χ1v) is 4.30. The summed E-state index contributed by atoms with van der Waals surface area (Å²) in [5, 5.41) is 17.8. The van der Waals surface area contributed by atoms with Crippen LogP contribution in [0, 0.1) is 11.3 Å². The van der Waals surface area contributed by atoms with Crippen molar-refractivity contribution in [3.8, 4) is 11.8 Å². The molecule has 0 aliphatic carbocycles.